The summed E-state index contributed by atoms with van der Waals surface area (Å²) in [7, 11) is 1.33. The highest BCUT2D eigenvalue weighted by Gasteiger charge is 2.17. The van der Waals surface area contributed by atoms with Crippen molar-refractivity contribution < 1.29 is 9.22 Å². The monoisotopic (exact) mass is 186 g/mol. The standard InChI is InChI=1S/C9H15FN2O/c1-3-11-9(12(2)10)13-8-6-4-5-7-8/h4-9,11H,3H2,1-2H3. The van der Waals surface area contributed by atoms with Gasteiger partial charge in [-0.1, -0.05) is 31.2 Å². The minimum absolute atomic E-state index is 0.123. The Morgan fingerprint density at radius 2 is 2.15 bits per heavy atom. The largest absolute Gasteiger partial charge is 0.336 e. The van der Waals surface area contributed by atoms with Crippen molar-refractivity contribution >= 4 is 0 Å². The molecule has 0 amide bonds. The van der Waals surface area contributed by atoms with Crippen LogP contribution in [-0.4, -0.2) is 31.2 Å². The highest BCUT2D eigenvalue weighted by molar-refractivity contribution is 5.19. The topological polar surface area (TPSA) is 24.5 Å². The van der Waals surface area contributed by atoms with E-state index >= 15 is 0 Å². The molecule has 1 atom stereocenters. The van der Waals surface area contributed by atoms with Gasteiger partial charge in [-0.25, -0.2) is 0 Å². The molecular formula is C9H15FN2O. The molecule has 13 heavy (non-hydrogen) atoms. The van der Waals surface area contributed by atoms with E-state index in [0.29, 0.717) is 11.7 Å². The zero-order valence-corrected chi connectivity index (χ0v) is 7.90. The third kappa shape index (κ3) is 3.26. The zero-order valence-electron chi connectivity index (χ0n) is 7.90. The molecule has 0 aromatic rings. The lowest BCUT2D eigenvalue weighted by atomic mass is 10.4. The molecule has 0 saturated carbocycles. The molecule has 4 heteroatoms. The third-order valence-corrected chi connectivity index (χ3v) is 1.70. The third-order valence-electron chi connectivity index (χ3n) is 1.70. The molecule has 0 bridgehead atoms. The lowest BCUT2D eigenvalue weighted by Crippen LogP contribution is -2.43. The first-order chi connectivity index (χ1) is 6.24. The van der Waals surface area contributed by atoms with Crippen LogP contribution in [0.25, 0.3) is 0 Å². The van der Waals surface area contributed by atoms with Gasteiger partial charge in [0.05, 0.1) is 6.10 Å². The van der Waals surface area contributed by atoms with Crippen molar-refractivity contribution in [2.45, 2.75) is 19.4 Å². The van der Waals surface area contributed by atoms with Crippen LogP contribution in [0.3, 0.4) is 0 Å². The summed E-state index contributed by atoms with van der Waals surface area (Å²) in [6.45, 7) is 2.57. The fraction of sp³-hybridized carbons (Fsp3) is 0.556. The number of nitrogens with zero attached hydrogens (tertiary/aromatic N) is 1. The average molecular weight is 186 g/mol. The Balaban J connectivity index is 2.37. The van der Waals surface area contributed by atoms with E-state index in [1.54, 1.807) is 0 Å². The molecule has 0 radical (unpaired) electrons. The van der Waals surface area contributed by atoms with Crippen LogP contribution < -0.4 is 5.32 Å². The van der Waals surface area contributed by atoms with Crippen molar-refractivity contribution in [1.29, 1.82) is 0 Å². The first-order valence-electron chi connectivity index (χ1n) is 4.36. The number of allylic oxidation sites excluding steroid dienone is 2. The van der Waals surface area contributed by atoms with E-state index in [1.165, 1.54) is 7.05 Å². The number of hydrogen-bond acceptors (Lipinski definition) is 3. The van der Waals surface area contributed by atoms with E-state index in [0.717, 1.165) is 0 Å². The highest BCUT2D eigenvalue weighted by Crippen LogP contribution is 2.08. The summed E-state index contributed by atoms with van der Waals surface area (Å²) in [4.78, 5) is 0. The van der Waals surface area contributed by atoms with Crippen LogP contribution in [0.4, 0.5) is 4.48 Å². The van der Waals surface area contributed by atoms with E-state index < -0.39 is 6.35 Å². The lowest BCUT2D eigenvalue weighted by molar-refractivity contribution is -0.160. The summed E-state index contributed by atoms with van der Waals surface area (Å²) in [5.41, 5.74) is 0. The molecule has 1 aliphatic rings. The summed E-state index contributed by atoms with van der Waals surface area (Å²) in [5, 5.41) is 3.39. The fourth-order valence-electron chi connectivity index (χ4n) is 1.08. The van der Waals surface area contributed by atoms with Gasteiger partial charge in [0.15, 0.2) is 6.35 Å². The van der Waals surface area contributed by atoms with Gasteiger partial charge in [-0.3, -0.25) is 5.32 Å². The average Bonchev–Trinajstić information content (AvgIpc) is 2.56. The molecule has 1 unspecified atom stereocenters. The maximum atomic E-state index is 12.8. The molecular weight excluding hydrogens is 171 g/mol. The minimum Gasteiger partial charge on any atom is -0.336 e. The van der Waals surface area contributed by atoms with Gasteiger partial charge in [0.25, 0.3) is 0 Å². The van der Waals surface area contributed by atoms with Crippen molar-refractivity contribution in [3.05, 3.63) is 24.3 Å². The van der Waals surface area contributed by atoms with E-state index in [4.69, 9.17) is 4.74 Å². The van der Waals surface area contributed by atoms with Crippen molar-refractivity contribution in [3.8, 4) is 0 Å². The van der Waals surface area contributed by atoms with Crippen molar-refractivity contribution in [2.24, 2.45) is 0 Å². The molecule has 0 saturated heterocycles. The molecule has 0 aromatic heterocycles. The van der Waals surface area contributed by atoms with Gasteiger partial charge in [-0.2, -0.15) is 0 Å². The van der Waals surface area contributed by atoms with Crippen molar-refractivity contribution in [1.82, 2.24) is 10.4 Å². The number of rotatable bonds is 5. The van der Waals surface area contributed by atoms with Crippen LogP contribution in [-0.2, 0) is 4.74 Å². The molecule has 1 N–H and O–H groups in total. The number of nitrogens with one attached hydrogen (secondary N) is 1. The molecule has 1 aliphatic carbocycles. The smallest absolute Gasteiger partial charge is 0.193 e. The summed E-state index contributed by atoms with van der Waals surface area (Å²) < 4.78 is 18.2. The summed E-state index contributed by atoms with van der Waals surface area (Å²) >= 11 is 0. The summed E-state index contributed by atoms with van der Waals surface area (Å²) in [6.07, 6.45) is 6.70. The van der Waals surface area contributed by atoms with Gasteiger partial charge in [-0.05, 0) is 6.54 Å². The maximum Gasteiger partial charge on any atom is 0.193 e. The van der Waals surface area contributed by atoms with Crippen LogP contribution in [0.15, 0.2) is 24.3 Å². The van der Waals surface area contributed by atoms with Crippen molar-refractivity contribution in [2.75, 3.05) is 13.6 Å². The molecule has 0 spiro atoms. The van der Waals surface area contributed by atoms with Crippen LogP contribution >= 0.6 is 0 Å². The lowest BCUT2D eigenvalue weighted by Gasteiger charge is -2.23. The minimum atomic E-state index is -0.678. The second kappa shape index (κ2) is 5.11. The second-order valence-electron chi connectivity index (χ2n) is 2.81. The van der Waals surface area contributed by atoms with E-state index in [9.17, 15) is 4.48 Å². The van der Waals surface area contributed by atoms with Crippen LogP contribution in [0.1, 0.15) is 6.92 Å². The normalized spacial score (nSPS) is 18.8. The molecule has 74 valence electrons. The van der Waals surface area contributed by atoms with Crippen LogP contribution in [0.2, 0.25) is 0 Å². The Morgan fingerprint density at radius 1 is 1.54 bits per heavy atom. The van der Waals surface area contributed by atoms with Crippen molar-refractivity contribution in [3.63, 3.8) is 0 Å². The molecule has 0 aromatic carbocycles. The Morgan fingerprint density at radius 3 is 2.62 bits per heavy atom. The molecule has 0 fully saturated rings. The van der Waals surface area contributed by atoms with Gasteiger partial charge >= 0.3 is 0 Å². The summed E-state index contributed by atoms with van der Waals surface area (Å²) in [6, 6.07) is 0. The number of hydrogen-bond donors (Lipinski definition) is 1. The summed E-state index contributed by atoms with van der Waals surface area (Å²) in [5.74, 6) is 0. The van der Waals surface area contributed by atoms with Gasteiger partial charge < -0.3 is 4.74 Å². The number of halogens is 1. The van der Waals surface area contributed by atoms with Gasteiger partial charge in [0.1, 0.15) is 0 Å². The van der Waals surface area contributed by atoms with Gasteiger partial charge in [0.2, 0.25) is 0 Å². The molecule has 0 aliphatic heterocycles. The Kier molecular flexibility index (Phi) is 4.08. The van der Waals surface area contributed by atoms with Crippen LogP contribution in [0.5, 0.6) is 0 Å². The van der Waals surface area contributed by atoms with Gasteiger partial charge in [-0.15, -0.1) is 9.60 Å². The predicted octanol–water partition coefficient (Wildman–Crippen LogP) is 1.21. The first-order valence-corrected chi connectivity index (χ1v) is 4.36. The SMILES string of the molecule is CCNC(OC1C=CC=C1)N(C)F. The predicted molar refractivity (Wildman–Crippen MR) is 49.5 cm³/mol. The fourth-order valence-corrected chi connectivity index (χ4v) is 1.08. The molecule has 1 rings (SSSR count). The Bertz CT molecular complexity index is 192. The molecule has 0 heterocycles. The zero-order chi connectivity index (χ0) is 9.68. The Hall–Kier alpha value is -0.710. The van der Waals surface area contributed by atoms with Crippen LogP contribution in [0, 0.1) is 0 Å². The first kappa shape index (κ1) is 10.4. The van der Waals surface area contributed by atoms with Gasteiger partial charge in [0, 0.05) is 7.05 Å². The van der Waals surface area contributed by atoms with E-state index in [-0.39, 0.29) is 6.10 Å². The highest BCUT2D eigenvalue weighted by atomic mass is 19.2. The Labute approximate surface area is 77.8 Å². The second-order valence-corrected chi connectivity index (χ2v) is 2.81. The van der Waals surface area contributed by atoms with E-state index in [2.05, 4.69) is 5.32 Å². The molecule has 3 nitrogen and oxygen atoms in total. The quantitative estimate of drug-likeness (QED) is 0.516. The van der Waals surface area contributed by atoms with E-state index in [1.807, 2.05) is 31.2 Å². The maximum absolute atomic E-state index is 12.8. The number of ether oxygens (including phenoxy) is 1.